The lowest BCUT2D eigenvalue weighted by Gasteiger charge is -2.13. The highest BCUT2D eigenvalue weighted by Gasteiger charge is 2.13. The molecule has 0 spiro atoms. The highest BCUT2D eigenvalue weighted by molar-refractivity contribution is 5.69. The number of carboxylic acids is 1. The average Bonchev–Trinajstić information content (AvgIpc) is 2.47. The predicted molar refractivity (Wildman–Crippen MR) is 77.6 cm³/mol. The van der Waals surface area contributed by atoms with Crippen LogP contribution in [0.1, 0.15) is 18.0 Å². The minimum Gasteiger partial charge on any atom is -0.497 e. The summed E-state index contributed by atoms with van der Waals surface area (Å²) in [6, 6.07) is 14.9. The summed E-state index contributed by atoms with van der Waals surface area (Å²) in [6.45, 7) is 0. The lowest BCUT2D eigenvalue weighted by Crippen LogP contribution is -2.15. The summed E-state index contributed by atoms with van der Waals surface area (Å²) in [5.74, 6) is -0.247. The Morgan fingerprint density at radius 1 is 1.20 bits per heavy atom. The first-order valence-electron chi connectivity index (χ1n) is 6.32. The topological polar surface area (TPSA) is 72.5 Å². The van der Waals surface area contributed by atoms with Crippen LogP contribution in [0.25, 0.3) is 11.1 Å². The Morgan fingerprint density at radius 3 is 2.50 bits per heavy atom. The van der Waals surface area contributed by atoms with Gasteiger partial charge >= 0.3 is 5.97 Å². The van der Waals surface area contributed by atoms with Crippen LogP contribution in [0.15, 0.2) is 48.5 Å². The van der Waals surface area contributed by atoms with Crippen LogP contribution in [-0.4, -0.2) is 18.2 Å². The molecule has 104 valence electrons. The molecule has 0 fully saturated rings. The van der Waals surface area contributed by atoms with Crippen molar-refractivity contribution in [2.45, 2.75) is 12.5 Å². The number of nitrogens with two attached hydrogens (primary N) is 1. The van der Waals surface area contributed by atoms with Crippen LogP contribution in [0.2, 0.25) is 0 Å². The van der Waals surface area contributed by atoms with Crippen molar-refractivity contribution >= 4 is 5.97 Å². The van der Waals surface area contributed by atoms with Gasteiger partial charge in [-0.1, -0.05) is 30.3 Å². The zero-order valence-corrected chi connectivity index (χ0v) is 11.2. The maximum absolute atomic E-state index is 10.8. The number of hydrogen-bond acceptors (Lipinski definition) is 3. The summed E-state index contributed by atoms with van der Waals surface area (Å²) in [4.78, 5) is 10.8. The Bertz CT molecular complexity index is 596. The monoisotopic (exact) mass is 271 g/mol. The van der Waals surface area contributed by atoms with Crippen molar-refractivity contribution in [3.05, 3.63) is 54.1 Å². The van der Waals surface area contributed by atoms with Gasteiger partial charge in [-0.05, 0) is 34.9 Å². The van der Waals surface area contributed by atoms with E-state index in [0.29, 0.717) is 5.75 Å². The van der Waals surface area contributed by atoms with Crippen LogP contribution in [0.5, 0.6) is 5.75 Å². The molecule has 0 radical (unpaired) electrons. The van der Waals surface area contributed by atoms with E-state index < -0.39 is 12.0 Å². The Hall–Kier alpha value is -2.33. The van der Waals surface area contributed by atoms with Crippen molar-refractivity contribution in [3.63, 3.8) is 0 Å². The fraction of sp³-hybridized carbons (Fsp3) is 0.188. The highest BCUT2D eigenvalue weighted by atomic mass is 16.5. The van der Waals surface area contributed by atoms with E-state index in [0.717, 1.165) is 16.7 Å². The molecule has 0 saturated carbocycles. The Kier molecular flexibility index (Phi) is 4.38. The van der Waals surface area contributed by atoms with Crippen LogP contribution in [0.3, 0.4) is 0 Å². The molecule has 0 aliphatic carbocycles. The molecule has 1 atom stereocenters. The van der Waals surface area contributed by atoms with E-state index in [2.05, 4.69) is 0 Å². The smallest absolute Gasteiger partial charge is 0.305 e. The van der Waals surface area contributed by atoms with Crippen molar-refractivity contribution in [1.29, 1.82) is 0 Å². The molecule has 20 heavy (non-hydrogen) atoms. The van der Waals surface area contributed by atoms with Crippen LogP contribution in [0, 0.1) is 0 Å². The summed E-state index contributed by atoms with van der Waals surface area (Å²) < 4.78 is 5.27. The fourth-order valence-corrected chi connectivity index (χ4v) is 2.06. The molecule has 4 heteroatoms. The van der Waals surface area contributed by atoms with Crippen molar-refractivity contribution in [2.75, 3.05) is 7.11 Å². The van der Waals surface area contributed by atoms with Crippen LogP contribution >= 0.6 is 0 Å². The van der Waals surface area contributed by atoms with Gasteiger partial charge in [0.15, 0.2) is 0 Å². The minimum absolute atomic E-state index is 0.110. The van der Waals surface area contributed by atoms with Crippen LogP contribution in [0.4, 0.5) is 0 Å². The van der Waals surface area contributed by atoms with Gasteiger partial charge in [0.05, 0.1) is 13.5 Å². The normalized spacial score (nSPS) is 11.9. The van der Waals surface area contributed by atoms with Crippen molar-refractivity contribution in [3.8, 4) is 16.9 Å². The number of benzene rings is 2. The Balaban J connectivity index is 2.41. The maximum atomic E-state index is 10.8. The molecule has 0 aliphatic rings. The van der Waals surface area contributed by atoms with Crippen LogP contribution in [-0.2, 0) is 4.79 Å². The molecule has 0 bridgehead atoms. The zero-order chi connectivity index (χ0) is 14.5. The van der Waals surface area contributed by atoms with Gasteiger partial charge < -0.3 is 15.6 Å². The van der Waals surface area contributed by atoms with Crippen molar-refractivity contribution in [2.24, 2.45) is 5.73 Å². The van der Waals surface area contributed by atoms with Gasteiger partial charge in [-0.3, -0.25) is 4.79 Å². The van der Waals surface area contributed by atoms with Gasteiger partial charge in [-0.2, -0.15) is 0 Å². The number of carbonyl (C=O) groups is 1. The molecule has 2 rings (SSSR count). The third kappa shape index (κ3) is 3.36. The molecule has 2 aromatic carbocycles. The Morgan fingerprint density at radius 2 is 1.90 bits per heavy atom. The molecule has 4 nitrogen and oxygen atoms in total. The van der Waals surface area contributed by atoms with Crippen LogP contribution < -0.4 is 10.5 Å². The number of hydrogen-bond donors (Lipinski definition) is 2. The molecule has 0 unspecified atom stereocenters. The lowest BCUT2D eigenvalue weighted by molar-refractivity contribution is -0.137. The molecular weight excluding hydrogens is 254 g/mol. The number of methoxy groups -OCH3 is 1. The predicted octanol–water partition coefficient (Wildman–Crippen LogP) is 2.84. The summed E-state index contributed by atoms with van der Waals surface area (Å²) in [6.07, 6.45) is -0.110. The SMILES string of the molecule is COc1cc(-c2ccccc2)cc([C@@H](N)CC(=O)O)c1. The third-order valence-corrected chi connectivity index (χ3v) is 3.09. The lowest BCUT2D eigenvalue weighted by atomic mass is 9.98. The van der Waals surface area contributed by atoms with E-state index in [4.69, 9.17) is 15.6 Å². The quantitative estimate of drug-likeness (QED) is 0.877. The summed E-state index contributed by atoms with van der Waals surface area (Å²) >= 11 is 0. The fourth-order valence-electron chi connectivity index (χ4n) is 2.06. The van der Waals surface area contributed by atoms with Gasteiger partial charge in [0.25, 0.3) is 0 Å². The van der Waals surface area contributed by atoms with E-state index in [1.165, 1.54) is 0 Å². The second kappa shape index (κ2) is 6.21. The number of aliphatic carboxylic acids is 1. The van der Waals surface area contributed by atoms with E-state index in [-0.39, 0.29) is 6.42 Å². The van der Waals surface area contributed by atoms with Gasteiger partial charge in [-0.15, -0.1) is 0 Å². The molecule has 0 amide bonds. The standard InChI is InChI=1S/C16H17NO3/c1-20-14-8-12(11-5-3-2-4-6-11)7-13(9-14)15(17)10-16(18)19/h2-9,15H,10,17H2,1H3,(H,18,19)/t15-/m0/s1. The first kappa shape index (κ1) is 14.1. The summed E-state index contributed by atoms with van der Waals surface area (Å²) in [5, 5.41) is 8.85. The average molecular weight is 271 g/mol. The van der Waals surface area contributed by atoms with Gasteiger partial charge in [0.1, 0.15) is 5.75 Å². The van der Waals surface area contributed by atoms with Gasteiger partial charge in [0.2, 0.25) is 0 Å². The van der Waals surface area contributed by atoms with E-state index in [1.54, 1.807) is 13.2 Å². The van der Waals surface area contributed by atoms with E-state index >= 15 is 0 Å². The number of carboxylic acid groups (broad SMARTS) is 1. The summed E-state index contributed by atoms with van der Waals surface area (Å²) in [5.41, 5.74) is 8.68. The first-order valence-corrected chi connectivity index (χ1v) is 6.32. The van der Waals surface area contributed by atoms with Gasteiger partial charge in [0, 0.05) is 6.04 Å². The first-order chi connectivity index (χ1) is 9.60. The third-order valence-electron chi connectivity index (χ3n) is 3.09. The van der Waals surface area contributed by atoms with E-state index in [1.807, 2.05) is 42.5 Å². The second-order valence-corrected chi connectivity index (χ2v) is 4.57. The van der Waals surface area contributed by atoms with E-state index in [9.17, 15) is 4.79 Å². The second-order valence-electron chi connectivity index (χ2n) is 4.57. The Labute approximate surface area is 117 Å². The number of rotatable bonds is 5. The molecule has 0 aliphatic heterocycles. The highest BCUT2D eigenvalue weighted by Crippen LogP contribution is 2.29. The largest absolute Gasteiger partial charge is 0.497 e. The molecule has 0 aromatic heterocycles. The molecule has 0 saturated heterocycles. The maximum Gasteiger partial charge on any atom is 0.305 e. The molecule has 0 heterocycles. The molecular formula is C16H17NO3. The van der Waals surface area contributed by atoms with Crippen molar-refractivity contribution < 1.29 is 14.6 Å². The molecule has 3 N–H and O–H groups in total. The zero-order valence-electron chi connectivity index (χ0n) is 11.2. The van der Waals surface area contributed by atoms with Crippen molar-refractivity contribution in [1.82, 2.24) is 0 Å². The minimum atomic E-state index is -0.915. The molecule has 2 aromatic rings. The van der Waals surface area contributed by atoms with Gasteiger partial charge in [-0.25, -0.2) is 0 Å². The summed E-state index contributed by atoms with van der Waals surface area (Å²) in [7, 11) is 1.58. The number of ether oxygens (including phenoxy) is 1.